The normalized spacial score (nSPS) is 21.7. The van der Waals surface area contributed by atoms with Gasteiger partial charge in [-0.3, -0.25) is 9.59 Å². The first kappa shape index (κ1) is 26.0. The Morgan fingerprint density at radius 3 is 2.54 bits per heavy atom. The first-order chi connectivity index (χ1) is 18.9. The van der Waals surface area contributed by atoms with Gasteiger partial charge in [0, 0.05) is 36.9 Å². The molecular weight excluding hydrogens is 490 g/mol. The van der Waals surface area contributed by atoms with Crippen molar-refractivity contribution in [3.63, 3.8) is 0 Å². The topological polar surface area (TPSA) is 93.7 Å². The van der Waals surface area contributed by atoms with E-state index in [1.54, 1.807) is 11.1 Å². The SMILES string of the molecule is CCc1cc(C(=O)NC2CCN(C)CC2)ccc1Nc1ncc2c(n1)N(C1CCCC1)CC1(CC1)C(=O)N2C. The standard InChI is InChI=1S/C30H41N7O2/c1-4-20-17-21(27(38)32-22-11-15-35(2)16-12-22)9-10-24(20)33-29-31-18-25-26(34-29)37(23-7-5-6-8-23)19-30(13-14-30)28(39)36(25)3/h9-10,17-18,22-23H,4-8,11-16,19H2,1-3H3,(H,32,38)(H,31,33,34). The number of carbonyl (C=O) groups excluding carboxylic acids is 2. The van der Waals surface area contributed by atoms with Crippen LogP contribution in [0.5, 0.6) is 0 Å². The van der Waals surface area contributed by atoms with Gasteiger partial charge >= 0.3 is 0 Å². The number of hydrogen-bond acceptors (Lipinski definition) is 7. The second-order valence-corrected chi connectivity index (χ2v) is 12.0. The van der Waals surface area contributed by atoms with Gasteiger partial charge in [0.2, 0.25) is 11.9 Å². The minimum atomic E-state index is -0.273. The van der Waals surface area contributed by atoms with Crippen LogP contribution in [0.3, 0.4) is 0 Å². The zero-order valence-electron chi connectivity index (χ0n) is 23.5. The predicted molar refractivity (Wildman–Crippen MR) is 154 cm³/mol. The van der Waals surface area contributed by atoms with Gasteiger partial charge in [-0.2, -0.15) is 4.98 Å². The van der Waals surface area contributed by atoms with E-state index in [1.165, 1.54) is 12.8 Å². The molecule has 1 aromatic carbocycles. The number of aryl methyl sites for hydroxylation is 1. The number of aromatic nitrogens is 2. The number of likely N-dealkylation sites (tertiary alicyclic amines) is 1. The van der Waals surface area contributed by atoms with E-state index in [4.69, 9.17) is 4.98 Å². The number of fused-ring (bicyclic) bond motifs is 1. The van der Waals surface area contributed by atoms with Gasteiger partial charge in [-0.25, -0.2) is 4.98 Å². The third kappa shape index (κ3) is 5.09. The van der Waals surface area contributed by atoms with Gasteiger partial charge in [0.1, 0.15) is 5.69 Å². The molecule has 2 N–H and O–H groups in total. The van der Waals surface area contributed by atoms with Crippen molar-refractivity contribution in [1.29, 1.82) is 0 Å². The number of hydrogen-bond donors (Lipinski definition) is 2. The molecule has 0 radical (unpaired) electrons. The van der Waals surface area contributed by atoms with E-state index >= 15 is 0 Å². The van der Waals surface area contributed by atoms with Gasteiger partial charge in [0.05, 0.1) is 11.6 Å². The van der Waals surface area contributed by atoms with Gasteiger partial charge < -0.3 is 25.3 Å². The quantitative estimate of drug-likeness (QED) is 0.579. The monoisotopic (exact) mass is 531 g/mol. The van der Waals surface area contributed by atoms with E-state index in [-0.39, 0.29) is 23.3 Å². The molecule has 1 spiro atoms. The number of rotatable bonds is 6. The molecular formula is C30H41N7O2. The Labute approximate surface area is 231 Å². The maximum atomic E-state index is 13.3. The Kier molecular flexibility index (Phi) is 6.95. The summed E-state index contributed by atoms with van der Waals surface area (Å²) in [7, 11) is 3.99. The zero-order valence-corrected chi connectivity index (χ0v) is 23.5. The van der Waals surface area contributed by atoms with Crippen molar-refractivity contribution < 1.29 is 9.59 Å². The van der Waals surface area contributed by atoms with Crippen molar-refractivity contribution in [3.05, 3.63) is 35.5 Å². The van der Waals surface area contributed by atoms with Crippen molar-refractivity contribution in [1.82, 2.24) is 20.2 Å². The average Bonchev–Trinajstić information content (AvgIpc) is 3.55. The van der Waals surface area contributed by atoms with Crippen molar-refractivity contribution in [2.24, 2.45) is 5.41 Å². The van der Waals surface area contributed by atoms with Gasteiger partial charge in [0.25, 0.3) is 5.91 Å². The lowest BCUT2D eigenvalue weighted by Crippen LogP contribution is -2.43. The largest absolute Gasteiger partial charge is 0.351 e. The summed E-state index contributed by atoms with van der Waals surface area (Å²) in [5.74, 6) is 1.55. The highest BCUT2D eigenvalue weighted by molar-refractivity contribution is 6.03. The highest BCUT2D eigenvalue weighted by atomic mass is 16.2. The molecule has 39 heavy (non-hydrogen) atoms. The number of piperidine rings is 1. The molecule has 2 aromatic rings. The molecule has 2 amide bonds. The van der Waals surface area contributed by atoms with Crippen LogP contribution >= 0.6 is 0 Å². The van der Waals surface area contributed by atoms with E-state index < -0.39 is 0 Å². The summed E-state index contributed by atoms with van der Waals surface area (Å²) in [5.41, 5.74) is 3.14. The van der Waals surface area contributed by atoms with Crippen molar-refractivity contribution in [2.75, 3.05) is 48.8 Å². The van der Waals surface area contributed by atoms with Crippen LogP contribution in [-0.2, 0) is 11.2 Å². The summed E-state index contributed by atoms with van der Waals surface area (Å²) in [6, 6.07) is 6.46. The summed E-state index contributed by atoms with van der Waals surface area (Å²) < 4.78 is 0. The Morgan fingerprint density at radius 1 is 1.10 bits per heavy atom. The summed E-state index contributed by atoms with van der Waals surface area (Å²) in [6.07, 6.45) is 11.2. The van der Waals surface area contributed by atoms with E-state index in [0.29, 0.717) is 17.6 Å². The first-order valence-corrected chi connectivity index (χ1v) is 14.7. The maximum Gasteiger partial charge on any atom is 0.251 e. The lowest BCUT2D eigenvalue weighted by molar-refractivity contribution is -0.122. The molecule has 1 saturated heterocycles. The fourth-order valence-corrected chi connectivity index (χ4v) is 6.54. The molecule has 2 saturated carbocycles. The third-order valence-electron chi connectivity index (χ3n) is 9.28. The number of nitrogens with zero attached hydrogens (tertiary/aromatic N) is 5. The van der Waals surface area contributed by atoms with Crippen LogP contribution in [0.25, 0.3) is 0 Å². The van der Waals surface area contributed by atoms with Crippen LogP contribution in [0.4, 0.5) is 23.1 Å². The van der Waals surface area contributed by atoms with E-state index in [9.17, 15) is 9.59 Å². The minimum absolute atomic E-state index is 0.0130. The van der Waals surface area contributed by atoms with E-state index in [0.717, 1.165) is 87.3 Å². The summed E-state index contributed by atoms with van der Waals surface area (Å²) >= 11 is 0. The highest BCUT2D eigenvalue weighted by Gasteiger charge is 2.55. The summed E-state index contributed by atoms with van der Waals surface area (Å²) in [6.45, 7) is 4.86. The molecule has 9 heteroatoms. The molecule has 0 unspecified atom stereocenters. The summed E-state index contributed by atoms with van der Waals surface area (Å²) in [4.78, 5) is 42.5. The van der Waals surface area contributed by atoms with Gasteiger partial charge in [-0.15, -0.1) is 0 Å². The average molecular weight is 532 g/mol. The Morgan fingerprint density at radius 2 is 1.85 bits per heavy atom. The second kappa shape index (κ2) is 10.4. The Bertz CT molecular complexity index is 1250. The van der Waals surface area contributed by atoms with Crippen molar-refractivity contribution in [2.45, 2.75) is 76.8 Å². The van der Waals surface area contributed by atoms with E-state index in [2.05, 4.69) is 39.4 Å². The van der Waals surface area contributed by atoms with Crippen molar-refractivity contribution in [3.8, 4) is 0 Å². The number of benzene rings is 1. The predicted octanol–water partition coefficient (Wildman–Crippen LogP) is 4.11. The van der Waals surface area contributed by atoms with Gasteiger partial charge in [0.15, 0.2) is 5.82 Å². The van der Waals surface area contributed by atoms with Gasteiger partial charge in [-0.05, 0) is 88.8 Å². The van der Waals surface area contributed by atoms with Crippen LogP contribution < -0.4 is 20.4 Å². The van der Waals surface area contributed by atoms with Crippen LogP contribution in [-0.4, -0.2) is 72.5 Å². The first-order valence-electron chi connectivity index (χ1n) is 14.7. The van der Waals surface area contributed by atoms with Crippen LogP contribution in [0.15, 0.2) is 24.4 Å². The number of anilines is 4. The minimum Gasteiger partial charge on any atom is -0.351 e. The molecule has 2 aliphatic heterocycles. The number of carbonyl (C=O) groups is 2. The number of amides is 2. The fourth-order valence-electron chi connectivity index (χ4n) is 6.54. The summed E-state index contributed by atoms with van der Waals surface area (Å²) in [5, 5.41) is 6.65. The third-order valence-corrected chi connectivity index (χ3v) is 9.28. The Balaban J connectivity index is 1.24. The molecule has 6 rings (SSSR count). The number of nitrogens with one attached hydrogen (secondary N) is 2. The molecule has 0 bridgehead atoms. The zero-order chi connectivity index (χ0) is 27.1. The molecule has 0 atom stereocenters. The van der Waals surface area contributed by atoms with Crippen LogP contribution in [0, 0.1) is 5.41 Å². The van der Waals surface area contributed by atoms with Crippen LogP contribution in [0.1, 0.15) is 74.2 Å². The maximum absolute atomic E-state index is 13.3. The molecule has 3 fully saturated rings. The van der Waals surface area contributed by atoms with E-state index in [1.807, 2.05) is 25.2 Å². The highest BCUT2D eigenvalue weighted by Crippen LogP contribution is 2.52. The molecule has 2 aliphatic carbocycles. The van der Waals surface area contributed by atoms with Crippen LogP contribution in [0.2, 0.25) is 0 Å². The molecule has 1 aromatic heterocycles. The molecule has 4 aliphatic rings. The van der Waals surface area contributed by atoms with Crippen molar-refractivity contribution >= 4 is 35.0 Å². The molecule has 3 heterocycles. The second-order valence-electron chi connectivity index (χ2n) is 12.0. The molecule has 208 valence electrons. The van der Waals surface area contributed by atoms with Gasteiger partial charge in [-0.1, -0.05) is 19.8 Å². The lowest BCUT2D eigenvalue weighted by atomic mass is 10.0. The smallest absolute Gasteiger partial charge is 0.251 e. The Hall–Kier alpha value is -3.20. The molecule has 9 nitrogen and oxygen atoms in total. The fraction of sp³-hybridized carbons (Fsp3) is 0.600. The lowest BCUT2D eigenvalue weighted by Gasteiger charge is -2.31.